The largest absolute Gasteiger partial charge is 0.508 e. The molecule has 0 bridgehead atoms. The molecule has 0 amide bonds. The van der Waals surface area contributed by atoms with E-state index in [1.807, 2.05) is 29.2 Å². The summed E-state index contributed by atoms with van der Waals surface area (Å²) in [4.78, 5) is 2.05. The molecule has 0 unspecified atom stereocenters. The third kappa shape index (κ3) is 4.77. The van der Waals surface area contributed by atoms with Crippen LogP contribution in [-0.2, 0) is 0 Å². The molecule has 0 spiro atoms. The molecule has 0 aliphatic carbocycles. The first-order valence-electron chi connectivity index (χ1n) is 8.18. The summed E-state index contributed by atoms with van der Waals surface area (Å²) in [5.74, 6) is 0.0689. The summed E-state index contributed by atoms with van der Waals surface area (Å²) in [5.41, 5.74) is 0.610. The molecule has 0 aromatic heterocycles. The molecule has 2 aromatic rings. The molecule has 1 aliphatic heterocycles. The van der Waals surface area contributed by atoms with Gasteiger partial charge in [-0.25, -0.2) is 0 Å². The molecule has 7 heteroatoms. The van der Waals surface area contributed by atoms with E-state index in [1.54, 1.807) is 12.1 Å². The van der Waals surface area contributed by atoms with Gasteiger partial charge in [-0.3, -0.25) is 4.90 Å². The van der Waals surface area contributed by atoms with Crippen molar-refractivity contribution in [3.05, 3.63) is 42.0 Å². The summed E-state index contributed by atoms with van der Waals surface area (Å²) >= 11 is 0. The molecule has 1 saturated heterocycles. The van der Waals surface area contributed by atoms with Crippen molar-refractivity contribution in [2.45, 2.75) is 25.1 Å². The van der Waals surface area contributed by atoms with Gasteiger partial charge in [-0.2, -0.15) is 13.2 Å². The molecule has 2 aromatic carbocycles. The Bertz CT molecular complexity index is 702. The van der Waals surface area contributed by atoms with Gasteiger partial charge in [0.2, 0.25) is 0 Å². The highest BCUT2D eigenvalue weighted by atomic mass is 35.5. The number of aromatic hydroxyl groups is 1. The molecule has 2 N–H and O–H groups in total. The van der Waals surface area contributed by atoms with Gasteiger partial charge in [-0.05, 0) is 23.3 Å². The monoisotopic (exact) mass is 374 g/mol. The minimum absolute atomic E-state index is 0. The van der Waals surface area contributed by atoms with Crippen LogP contribution in [0.15, 0.2) is 36.4 Å². The molecular formula is C18H22ClF3N2O. The van der Waals surface area contributed by atoms with Crippen molar-refractivity contribution in [2.24, 2.45) is 0 Å². The normalized spacial score (nSPS) is 17.2. The van der Waals surface area contributed by atoms with Crippen LogP contribution in [0.3, 0.4) is 0 Å². The minimum atomic E-state index is -4.20. The van der Waals surface area contributed by atoms with Crippen molar-refractivity contribution in [2.75, 3.05) is 26.2 Å². The zero-order valence-electron chi connectivity index (χ0n) is 13.7. The predicted molar refractivity (Wildman–Crippen MR) is 95.3 cm³/mol. The zero-order chi connectivity index (χ0) is 17.2. The number of nitrogens with zero attached hydrogens (tertiary/aromatic N) is 1. The Morgan fingerprint density at radius 1 is 1.08 bits per heavy atom. The van der Waals surface area contributed by atoms with Crippen LogP contribution < -0.4 is 5.32 Å². The third-order valence-electron chi connectivity index (χ3n) is 4.57. The van der Waals surface area contributed by atoms with Gasteiger partial charge in [-0.15, -0.1) is 12.4 Å². The summed E-state index contributed by atoms with van der Waals surface area (Å²) in [6.07, 6.45) is -5.11. The van der Waals surface area contributed by atoms with E-state index in [-0.39, 0.29) is 24.6 Å². The number of alkyl halides is 3. The van der Waals surface area contributed by atoms with Gasteiger partial charge in [0.15, 0.2) is 0 Å². The van der Waals surface area contributed by atoms with Crippen molar-refractivity contribution in [3.8, 4) is 5.75 Å². The van der Waals surface area contributed by atoms with Gasteiger partial charge in [-0.1, -0.05) is 30.3 Å². The topological polar surface area (TPSA) is 35.5 Å². The summed E-state index contributed by atoms with van der Waals surface area (Å²) in [6.45, 7) is 2.83. The van der Waals surface area contributed by atoms with Crippen molar-refractivity contribution in [1.82, 2.24) is 10.2 Å². The quantitative estimate of drug-likeness (QED) is 0.839. The molecule has 1 aliphatic rings. The molecule has 0 radical (unpaired) electrons. The highest BCUT2D eigenvalue weighted by molar-refractivity contribution is 5.88. The number of halogens is 4. The van der Waals surface area contributed by atoms with Crippen molar-refractivity contribution >= 4 is 23.2 Å². The Kier molecular flexibility index (Phi) is 6.54. The predicted octanol–water partition coefficient (Wildman–Crippen LogP) is 4.26. The molecule has 1 atom stereocenters. The van der Waals surface area contributed by atoms with Crippen LogP contribution in [0.5, 0.6) is 5.75 Å². The van der Waals surface area contributed by atoms with Gasteiger partial charge in [0.25, 0.3) is 0 Å². The standard InChI is InChI=1S/C18H21F3N2O.ClH/c19-18(20,21)8-7-15(23-11-9-22-10-12-23)17-14-4-2-1-3-13(14)5-6-16(17)24;/h1-6,15,22,24H,7-12H2;1H/t15-;/m0./s1. The number of piperazine rings is 1. The van der Waals surface area contributed by atoms with Crippen molar-refractivity contribution < 1.29 is 18.3 Å². The van der Waals surface area contributed by atoms with Crippen molar-refractivity contribution in [1.29, 1.82) is 0 Å². The lowest BCUT2D eigenvalue weighted by Crippen LogP contribution is -2.45. The fourth-order valence-electron chi connectivity index (χ4n) is 3.44. The maximum absolute atomic E-state index is 12.8. The van der Waals surface area contributed by atoms with Gasteiger partial charge in [0.05, 0.1) is 0 Å². The molecule has 138 valence electrons. The van der Waals surface area contributed by atoms with Crippen LogP contribution in [0.1, 0.15) is 24.4 Å². The summed E-state index contributed by atoms with van der Waals surface area (Å²) < 4.78 is 38.5. The van der Waals surface area contributed by atoms with Gasteiger partial charge in [0.1, 0.15) is 5.75 Å². The minimum Gasteiger partial charge on any atom is -0.508 e. The van der Waals surface area contributed by atoms with Crippen LogP contribution in [0.2, 0.25) is 0 Å². The summed E-state index contributed by atoms with van der Waals surface area (Å²) in [6, 6.07) is 10.5. The lowest BCUT2D eigenvalue weighted by atomic mass is 9.93. The molecule has 25 heavy (non-hydrogen) atoms. The fraction of sp³-hybridized carbons (Fsp3) is 0.444. The average Bonchev–Trinajstić information content (AvgIpc) is 2.57. The molecule has 3 rings (SSSR count). The van der Waals surface area contributed by atoms with E-state index in [9.17, 15) is 18.3 Å². The first-order valence-corrected chi connectivity index (χ1v) is 8.18. The molecule has 0 saturated carbocycles. The second kappa shape index (κ2) is 8.25. The zero-order valence-corrected chi connectivity index (χ0v) is 14.5. The Hall–Kier alpha value is -1.50. The van der Waals surface area contributed by atoms with Crippen LogP contribution >= 0.6 is 12.4 Å². The number of fused-ring (bicyclic) bond motifs is 1. The third-order valence-corrected chi connectivity index (χ3v) is 4.57. The fourth-order valence-corrected chi connectivity index (χ4v) is 3.44. The smallest absolute Gasteiger partial charge is 0.389 e. The molecule has 3 nitrogen and oxygen atoms in total. The number of hydrogen-bond acceptors (Lipinski definition) is 3. The second-order valence-electron chi connectivity index (χ2n) is 6.18. The van der Waals surface area contributed by atoms with E-state index in [1.165, 1.54) is 0 Å². The second-order valence-corrected chi connectivity index (χ2v) is 6.18. The van der Waals surface area contributed by atoms with E-state index in [0.717, 1.165) is 23.9 Å². The highest BCUT2D eigenvalue weighted by Gasteiger charge is 2.33. The lowest BCUT2D eigenvalue weighted by molar-refractivity contribution is -0.138. The first kappa shape index (κ1) is 19.8. The molecular weight excluding hydrogens is 353 g/mol. The van der Waals surface area contributed by atoms with Crippen LogP contribution in [-0.4, -0.2) is 42.4 Å². The number of benzene rings is 2. The van der Waals surface area contributed by atoms with E-state index in [0.29, 0.717) is 18.7 Å². The van der Waals surface area contributed by atoms with Crippen LogP contribution in [0.4, 0.5) is 13.2 Å². The maximum Gasteiger partial charge on any atom is 0.389 e. The Morgan fingerprint density at radius 3 is 2.44 bits per heavy atom. The molecule has 1 heterocycles. The SMILES string of the molecule is Cl.Oc1ccc2ccccc2c1[C@H](CCC(F)(F)F)N1CCNCC1. The summed E-state index contributed by atoms with van der Waals surface area (Å²) in [7, 11) is 0. The summed E-state index contributed by atoms with van der Waals surface area (Å²) in [5, 5.41) is 15.4. The number of nitrogens with one attached hydrogen (secondary N) is 1. The Morgan fingerprint density at radius 2 is 1.76 bits per heavy atom. The Balaban J connectivity index is 0.00000225. The van der Waals surface area contributed by atoms with Gasteiger partial charge < -0.3 is 10.4 Å². The van der Waals surface area contributed by atoms with E-state index < -0.39 is 18.6 Å². The number of phenols is 1. The van der Waals surface area contributed by atoms with E-state index in [2.05, 4.69) is 5.32 Å². The molecule has 1 fully saturated rings. The van der Waals surface area contributed by atoms with Crippen LogP contribution in [0.25, 0.3) is 10.8 Å². The number of hydrogen-bond donors (Lipinski definition) is 2. The highest BCUT2D eigenvalue weighted by Crippen LogP contribution is 2.39. The van der Waals surface area contributed by atoms with E-state index >= 15 is 0 Å². The number of rotatable bonds is 4. The van der Waals surface area contributed by atoms with Crippen LogP contribution in [0, 0.1) is 0 Å². The van der Waals surface area contributed by atoms with Crippen molar-refractivity contribution in [3.63, 3.8) is 0 Å². The Labute approximate surface area is 151 Å². The maximum atomic E-state index is 12.8. The average molecular weight is 375 g/mol. The lowest BCUT2D eigenvalue weighted by Gasteiger charge is -2.36. The van der Waals surface area contributed by atoms with Gasteiger partial charge in [0, 0.05) is 44.2 Å². The van der Waals surface area contributed by atoms with E-state index in [4.69, 9.17) is 0 Å². The first-order chi connectivity index (χ1) is 11.5. The van der Waals surface area contributed by atoms with Gasteiger partial charge >= 0.3 is 6.18 Å². The number of phenolic OH excluding ortho intramolecular Hbond substituents is 1.